The Kier molecular flexibility index (Phi) is 5.08. The zero-order valence-electron chi connectivity index (χ0n) is 15.1. The van der Waals surface area contributed by atoms with Gasteiger partial charge >= 0.3 is 6.18 Å². The fourth-order valence-corrected chi connectivity index (χ4v) is 5.71. The molecule has 3 heterocycles. The van der Waals surface area contributed by atoms with Crippen molar-refractivity contribution in [3.63, 3.8) is 0 Å². The van der Waals surface area contributed by atoms with Gasteiger partial charge in [0.1, 0.15) is 10.5 Å². The zero-order valence-corrected chi connectivity index (χ0v) is 16.7. The molecule has 154 valence electrons. The maximum Gasteiger partial charge on any atom is 0.416 e. The monoisotopic (exact) mass is 443 g/mol. The van der Waals surface area contributed by atoms with Crippen LogP contribution in [0.4, 0.5) is 13.2 Å². The van der Waals surface area contributed by atoms with Crippen molar-refractivity contribution >= 4 is 32.7 Å². The Hall–Kier alpha value is -2.10. The molecule has 10 heteroatoms. The summed E-state index contributed by atoms with van der Waals surface area (Å²) in [5.74, 6) is 0.136. The van der Waals surface area contributed by atoms with Crippen LogP contribution in [-0.2, 0) is 16.2 Å². The lowest BCUT2D eigenvalue weighted by Crippen LogP contribution is -2.38. The molecule has 1 aliphatic heterocycles. The number of hydrogen-bond acceptors (Lipinski definition) is 3. The fourth-order valence-electron chi connectivity index (χ4n) is 3.74. The van der Waals surface area contributed by atoms with E-state index < -0.39 is 26.7 Å². The Bertz CT molecular complexity index is 1150. The maximum absolute atomic E-state index is 13.0. The van der Waals surface area contributed by atoms with Crippen molar-refractivity contribution in [3.8, 4) is 0 Å². The van der Waals surface area contributed by atoms with E-state index in [1.807, 2.05) is 18.3 Å². The summed E-state index contributed by atoms with van der Waals surface area (Å²) < 4.78 is 66.1. The lowest BCUT2D eigenvalue weighted by Gasteiger charge is -2.31. The number of benzene rings is 1. The van der Waals surface area contributed by atoms with Gasteiger partial charge in [-0.25, -0.2) is 13.4 Å². The molecule has 0 aliphatic carbocycles. The van der Waals surface area contributed by atoms with Gasteiger partial charge in [-0.3, -0.25) is 0 Å². The molecular weight excluding hydrogens is 427 g/mol. The fraction of sp³-hybridized carbons (Fsp3) is 0.316. The molecule has 0 bridgehead atoms. The first kappa shape index (κ1) is 20.2. The Balaban J connectivity index is 1.57. The molecule has 0 spiro atoms. The number of halogens is 4. The van der Waals surface area contributed by atoms with Crippen LogP contribution in [0.5, 0.6) is 0 Å². The minimum atomic E-state index is -4.65. The molecule has 0 unspecified atom stereocenters. The zero-order chi connectivity index (χ0) is 20.8. The quantitative estimate of drug-likeness (QED) is 0.632. The van der Waals surface area contributed by atoms with Crippen LogP contribution in [0.15, 0.2) is 47.6 Å². The highest BCUT2D eigenvalue weighted by Gasteiger charge is 2.36. The van der Waals surface area contributed by atoms with Crippen molar-refractivity contribution in [2.24, 2.45) is 0 Å². The van der Waals surface area contributed by atoms with E-state index in [2.05, 4.69) is 9.97 Å². The van der Waals surface area contributed by atoms with Crippen molar-refractivity contribution in [1.82, 2.24) is 14.3 Å². The summed E-state index contributed by atoms with van der Waals surface area (Å²) in [4.78, 5) is 6.86. The molecule has 2 aromatic heterocycles. The summed E-state index contributed by atoms with van der Waals surface area (Å²) in [6.45, 7) is 0.402. The van der Waals surface area contributed by atoms with Crippen LogP contribution in [0, 0.1) is 0 Å². The lowest BCUT2D eigenvalue weighted by molar-refractivity contribution is -0.137. The predicted molar refractivity (Wildman–Crippen MR) is 103 cm³/mol. The molecule has 0 amide bonds. The highest BCUT2D eigenvalue weighted by atomic mass is 35.5. The number of H-pyrrole nitrogens is 1. The largest absolute Gasteiger partial charge is 0.416 e. The SMILES string of the molecule is O=S(=O)(c1cc(C(F)(F)F)ccc1Cl)N1CCC(c2c[nH]c3ncccc23)CC1. The average Bonchev–Trinajstić information content (AvgIpc) is 3.11. The number of nitrogens with zero attached hydrogens (tertiary/aromatic N) is 2. The second kappa shape index (κ2) is 7.30. The van der Waals surface area contributed by atoms with Gasteiger partial charge in [-0.15, -0.1) is 0 Å². The van der Waals surface area contributed by atoms with Crippen molar-refractivity contribution in [3.05, 3.63) is 58.9 Å². The van der Waals surface area contributed by atoms with Gasteiger partial charge in [0, 0.05) is 30.9 Å². The van der Waals surface area contributed by atoms with E-state index in [0.29, 0.717) is 18.9 Å². The van der Waals surface area contributed by atoms with Gasteiger partial charge in [0.25, 0.3) is 0 Å². The standard InChI is InChI=1S/C19H17ClF3N3O2S/c20-16-4-3-13(19(21,22)23)10-17(16)29(27,28)26-8-5-12(6-9-26)15-11-25-18-14(15)2-1-7-24-18/h1-4,7,10-12H,5-6,8-9H2,(H,24,25). The molecular formula is C19H17ClF3N3O2S. The third kappa shape index (κ3) is 3.74. The molecule has 1 N–H and O–H groups in total. The number of pyridine rings is 1. The van der Waals surface area contributed by atoms with E-state index in [-0.39, 0.29) is 24.0 Å². The topological polar surface area (TPSA) is 66.1 Å². The summed E-state index contributed by atoms with van der Waals surface area (Å²) in [5.41, 5.74) is 0.803. The number of nitrogens with one attached hydrogen (secondary N) is 1. The molecule has 1 saturated heterocycles. The number of hydrogen-bond donors (Lipinski definition) is 1. The number of sulfonamides is 1. The first-order valence-electron chi connectivity index (χ1n) is 8.97. The maximum atomic E-state index is 13.0. The Labute approximate surface area is 170 Å². The second-order valence-corrected chi connectivity index (χ2v) is 9.28. The van der Waals surface area contributed by atoms with Crippen LogP contribution in [0.1, 0.15) is 29.9 Å². The second-order valence-electron chi connectivity index (χ2n) is 6.96. The summed E-state index contributed by atoms with van der Waals surface area (Å²) in [5, 5.41) is 0.776. The third-order valence-corrected chi connectivity index (χ3v) is 7.63. The van der Waals surface area contributed by atoms with Crippen LogP contribution in [0.25, 0.3) is 11.0 Å². The van der Waals surface area contributed by atoms with Gasteiger partial charge in [-0.05, 0) is 54.7 Å². The number of rotatable bonds is 3. The molecule has 1 fully saturated rings. The van der Waals surface area contributed by atoms with E-state index in [4.69, 9.17) is 11.6 Å². The molecule has 29 heavy (non-hydrogen) atoms. The van der Waals surface area contributed by atoms with Crippen molar-refractivity contribution in [1.29, 1.82) is 0 Å². The average molecular weight is 444 g/mol. The number of alkyl halides is 3. The van der Waals surface area contributed by atoms with Crippen molar-refractivity contribution in [2.75, 3.05) is 13.1 Å². The first-order valence-corrected chi connectivity index (χ1v) is 10.8. The molecule has 1 aromatic carbocycles. The van der Waals surface area contributed by atoms with Crippen molar-refractivity contribution < 1.29 is 21.6 Å². The van der Waals surface area contributed by atoms with E-state index in [9.17, 15) is 21.6 Å². The van der Waals surface area contributed by atoms with E-state index in [0.717, 1.165) is 28.7 Å². The summed E-state index contributed by atoms with van der Waals surface area (Å²) in [6, 6.07) is 6.16. The molecule has 3 aromatic rings. The van der Waals surface area contributed by atoms with E-state index >= 15 is 0 Å². The van der Waals surface area contributed by atoms with E-state index in [1.54, 1.807) is 6.20 Å². The molecule has 0 atom stereocenters. The highest BCUT2D eigenvalue weighted by Crippen LogP contribution is 2.37. The molecule has 1 aliphatic rings. The minimum absolute atomic E-state index is 0.136. The third-order valence-electron chi connectivity index (χ3n) is 5.25. The number of fused-ring (bicyclic) bond motifs is 1. The minimum Gasteiger partial charge on any atom is -0.346 e. The van der Waals surface area contributed by atoms with Gasteiger partial charge in [-0.1, -0.05) is 11.6 Å². The highest BCUT2D eigenvalue weighted by molar-refractivity contribution is 7.89. The Morgan fingerprint density at radius 3 is 2.59 bits per heavy atom. The van der Waals surface area contributed by atoms with Gasteiger partial charge in [-0.2, -0.15) is 17.5 Å². The van der Waals surface area contributed by atoms with Gasteiger partial charge < -0.3 is 4.98 Å². The van der Waals surface area contributed by atoms with Crippen LogP contribution in [-0.4, -0.2) is 35.8 Å². The lowest BCUT2D eigenvalue weighted by atomic mass is 9.90. The van der Waals surface area contributed by atoms with Crippen LogP contribution in [0.3, 0.4) is 0 Å². The predicted octanol–water partition coefficient (Wildman–Crippen LogP) is 4.80. The van der Waals surface area contributed by atoms with Crippen LogP contribution in [0.2, 0.25) is 5.02 Å². The molecule has 4 rings (SSSR count). The number of piperidine rings is 1. The first-order chi connectivity index (χ1) is 13.7. The normalized spacial score (nSPS) is 17.1. The van der Waals surface area contributed by atoms with Gasteiger partial charge in [0.15, 0.2) is 0 Å². The summed E-state index contributed by atoms with van der Waals surface area (Å²) in [7, 11) is -4.13. The van der Waals surface area contributed by atoms with Gasteiger partial charge in [0.2, 0.25) is 10.0 Å². The van der Waals surface area contributed by atoms with Crippen molar-refractivity contribution in [2.45, 2.75) is 29.8 Å². The van der Waals surface area contributed by atoms with E-state index in [1.165, 1.54) is 4.31 Å². The van der Waals surface area contributed by atoms with Crippen LogP contribution < -0.4 is 0 Å². The smallest absolute Gasteiger partial charge is 0.346 e. The number of aromatic amines is 1. The molecule has 0 saturated carbocycles. The van der Waals surface area contributed by atoms with Crippen LogP contribution >= 0.6 is 11.6 Å². The number of aromatic nitrogens is 2. The molecule has 0 radical (unpaired) electrons. The summed E-state index contributed by atoms with van der Waals surface area (Å²) in [6.07, 6.45) is 0.0350. The Morgan fingerprint density at radius 1 is 1.17 bits per heavy atom. The van der Waals surface area contributed by atoms with Gasteiger partial charge in [0.05, 0.1) is 10.6 Å². The summed E-state index contributed by atoms with van der Waals surface area (Å²) >= 11 is 5.94. The Morgan fingerprint density at radius 2 is 1.90 bits per heavy atom. The molecule has 5 nitrogen and oxygen atoms in total.